The predicted molar refractivity (Wildman–Crippen MR) is 81.5 cm³/mol. The van der Waals surface area contributed by atoms with Crippen molar-refractivity contribution >= 4 is 34.1 Å². The molecule has 0 spiro atoms. The summed E-state index contributed by atoms with van der Waals surface area (Å²) in [6, 6.07) is 9.69. The van der Waals surface area contributed by atoms with Crippen LogP contribution in [0, 0.1) is 5.82 Å². The lowest BCUT2D eigenvalue weighted by Crippen LogP contribution is -1.94. The lowest BCUT2D eigenvalue weighted by Gasteiger charge is -2.07. The van der Waals surface area contributed by atoms with Crippen LogP contribution >= 0.6 is 23.2 Å². The molecule has 6 heteroatoms. The normalized spacial score (nSPS) is 10.9. The van der Waals surface area contributed by atoms with E-state index in [1.54, 1.807) is 24.3 Å². The number of rotatable bonds is 2. The Morgan fingerprint density at radius 2 is 1.90 bits per heavy atom. The molecule has 0 radical (unpaired) electrons. The molecule has 106 valence electrons. The van der Waals surface area contributed by atoms with E-state index in [2.05, 4.69) is 9.97 Å². The van der Waals surface area contributed by atoms with E-state index in [9.17, 15) is 4.39 Å². The molecule has 1 aromatic heterocycles. The number of hydrogen-bond donors (Lipinski definition) is 0. The van der Waals surface area contributed by atoms with Gasteiger partial charge in [0.15, 0.2) is 17.4 Å². The fourth-order valence-electron chi connectivity index (χ4n) is 2.03. The molecule has 3 nitrogen and oxygen atoms in total. The van der Waals surface area contributed by atoms with Gasteiger partial charge in [0, 0.05) is 5.56 Å². The first-order chi connectivity index (χ1) is 10.1. The van der Waals surface area contributed by atoms with E-state index in [4.69, 9.17) is 27.9 Å². The van der Waals surface area contributed by atoms with E-state index in [0.717, 1.165) is 0 Å². The number of fused-ring (bicyclic) bond motifs is 1. The second kappa shape index (κ2) is 5.47. The van der Waals surface area contributed by atoms with Crippen molar-refractivity contribution in [3.8, 4) is 17.1 Å². The third-order valence-corrected chi connectivity index (χ3v) is 3.63. The fourth-order valence-corrected chi connectivity index (χ4v) is 2.61. The third-order valence-electron chi connectivity index (χ3n) is 3.04. The first-order valence-electron chi connectivity index (χ1n) is 6.06. The Hall–Kier alpha value is -1.91. The standard InChI is InChI=1S/C15H9Cl2FN2O/c1-21-12-7-8(5-6-10(12)18)15-19-11-4-2-3-9(16)13(11)14(17)20-15/h2-7H,1H3. The first-order valence-corrected chi connectivity index (χ1v) is 6.81. The molecule has 0 N–H and O–H groups in total. The van der Waals surface area contributed by atoms with Crippen LogP contribution in [0.25, 0.3) is 22.3 Å². The molecule has 0 saturated heterocycles. The Balaban J connectivity index is 2.22. The van der Waals surface area contributed by atoms with E-state index >= 15 is 0 Å². The summed E-state index contributed by atoms with van der Waals surface area (Å²) in [5, 5.41) is 1.34. The van der Waals surface area contributed by atoms with Crippen molar-refractivity contribution in [1.82, 2.24) is 9.97 Å². The molecule has 0 aliphatic rings. The highest BCUT2D eigenvalue weighted by atomic mass is 35.5. The summed E-state index contributed by atoms with van der Waals surface area (Å²) in [6.45, 7) is 0. The highest BCUT2D eigenvalue weighted by molar-refractivity contribution is 6.41. The maximum atomic E-state index is 13.5. The zero-order valence-electron chi connectivity index (χ0n) is 10.9. The number of benzene rings is 2. The summed E-state index contributed by atoms with van der Waals surface area (Å²) in [5.41, 5.74) is 1.23. The molecular weight excluding hydrogens is 314 g/mol. The predicted octanol–water partition coefficient (Wildman–Crippen LogP) is 4.75. The van der Waals surface area contributed by atoms with Gasteiger partial charge in [-0.05, 0) is 30.3 Å². The Bertz CT molecular complexity index is 839. The van der Waals surface area contributed by atoms with Crippen LogP contribution in [-0.2, 0) is 0 Å². The van der Waals surface area contributed by atoms with Crippen LogP contribution in [0.1, 0.15) is 0 Å². The van der Waals surface area contributed by atoms with Gasteiger partial charge in [-0.3, -0.25) is 0 Å². The highest BCUT2D eigenvalue weighted by Gasteiger charge is 2.12. The quantitative estimate of drug-likeness (QED) is 0.638. The van der Waals surface area contributed by atoms with Crippen LogP contribution in [0.3, 0.4) is 0 Å². The van der Waals surface area contributed by atoms with Crippen LogP contribution in [0.5, 0.6) is 5.75 Å². The molecule has 0 bridgehead atoms. The number of nitrogens with zero attached hydrogens (tertiary/aromatic N) is 2. The van der Waals surface area contributed by atoms with Gasteiger partial charge in [0.1, 0.15) is 5.15 Å². The minimum atomic E-state index is -0.448. The molecule has 0 aliphatic heterocycles. The van der Waals surface area contributed by atoms with Crippen molar-refractivity contribution in [1.29, 1.82) is 0 Å². The lowest BCUT2D eigenvalue weighted by atomic mass is 10.1. The molecule has 0 amide bonds. The number of methoxy groups -OCH3 is 1. The van der Waals surface area contributed by atoms with Crippen molar-refractivity contribution in [2.45, 2.75) is 0 Å². The summed E-state index contributed by atoms with van der Waals surface area (Å²) >= 11 is 12.3. The average molecular weight is 323 g/mol. The Labute approximate surface area is 130 Å². The summed E-state index contributed by atoms with van der Waals surface area (Å²) in [4.78, 5) is 8.64. The van der Waals surface area contributed by atoms with E-state index in [1.165, 1.54) is 19.2 Å². The van der Waals surface area contributed by atoms with Crippen molar-refractivity contribution in [2.24, 2.45) is 0 Å². The van der Waals surface area contributed by atoms with Crippen molar-refractivity contribution in [3.05, 3.63) is 52.4 Å². The third kappa shape index (κ3) is 2.52. The van der Waals surface area contributed by atoms with Gasteiger partial charge in [0.25, 0.3) is 0 Å². The summed E-state index contributed by atoms with van der Waals surface area (Å²) in [6.07, 6.45) is 0. The highest BCUT2D eigenvalue weighted by Crippen LogP contribution is 2.31. The van der Waals surface area contributed by atoms with Crippen LogP contribution < -0.4 is 4.74 Å². The zero-order valence-corrected chi connectivity index (χ0v) is 12.4. The molecule has 0 unspecified atom stereocenters. The van der Waals surface area contributed by atoms with Gasteiger partial charge in [0.05, 0.1) is 23.0 Å². The Morgan fingerprint density at radius 1 is 1.10 bits per heavy atom. The minimum Gasteiger partial charge on any atom is -0.494 e. The molecule has 0 atom stereocenters. The smallest absolute Gasteiger partial charge is 0.165 e. The zero-order chi connectivity index (χ0) is 15.0. The summed E-state index contributed by atoms with van der Waals surface area (Å²) in [7, 11) is 1.40. The maximum absolute atomic E-state index is 13.5. The van der Waals surface area contributed by atoms with Gasteiger partial charge in [-0.2, -0.15) is 0 Å². The lowest BCUT2D eigenvalue weighted by molar-refractivity contribution is 0.387. The second-order valence-electron chi connectivity index (χ2n) is 4.32. The van der Waals surface area contributed by atoms with Gasteiger partial charge < -0.3 is 4.74 Å². The number of aromatic nitrogens is 2. The fraction of sp³-hybridized carbons (Fsp3) is 0.0667. The molecule has 0 aliphatic carbocycles. The van der Waals surface area contributed by atoms with E-state index in [0.29, 0.717) is 27.3 Å². The number of ether oxygens (including phenoxy) is 1. The molecule has 0 saturated carbocycles. The van der Waals surface area contributed by atoms with Crippen LogP contribution in [0.15, 0.2) is 36.4 Å². The molecule has 21 heavy (non-hydrogen) atoms. The SMILES string of the molecule is COc1cc(-c2nc(Cl)c3c(Cl)cccc3n2)ccc1F. The van der Waals surface area contributed by atoms with Crippen LogP contribution in [0.2, 0.25) is 10.2 Å². The Kier molecular flexibility index (Phi) is 3.66. The van der Waals surface area contributed by atoms with Crippen LogP contribution in [-0.4, -0.2) is 17.1 Å². The molecule has 3 aromatic rings. The van der Waals surface area contributed by atoms with Gasteiger partial charge in [-0.15, -0.1) is 0 Å². The molecule has 2 aromatic carbocycles. The minimum absolute atomic E-state index is 0.124. The van der Waals surface area contributed by atoms with Crippen molar-refractivity contribution in [3.63, 3.8) is 0 Å². The topological polar surface area (TPSA) is 35.0 Å². The van der Waals surface area contributed by atoms with Crippen molar-refractivity contribution in [2.75, 3.05) is 7.11 Å². The maximum Gasteiger partial charge on any atom is 0.165 e. The monoisotopic (exact) mass is 322 g/mol. The van der Waals surface area contributed by atoms with Gasteiger partial charge in [-0.25, -0.2) is 14.4 Å². The van der Waals surface area contributed by atoms with Crippen LogP contribution in [0.4, 0.5) is 4.39 Å². The van der Waals surface area contributed by atoms with Crippen molar-refractivity contribution < 1.29 is 9.13 Å². The van der Waals surface area contributed by atoms with E-state index < -0.39 is 5.82 Å². The molecule has 3 rings (SSSR count). The second-order valence-corrected chi connectivity index (χ2v) is 5.09. The molecule has 1 heterocycles. The molecular formula is C15H9Cl2FN2O. The van der Waals surface area contributed by atoms with E-state index in [-0.39, 0.29) is 10.9 Å². The van der Waals surface area contributed by atoms with Gasteiger partial charge >= 0.3 is 0 Å². The number of hydrogen-bond acceptors (Lipinski definition) is 3. The van der Waals surface area contributed by atoms with Gasteiger partial charge in [0.2, 0.25) is 0 Å². The molecule has 0 fully saturated rings. The first kappa shape index (κ1) is 14.0. The Morgan fingerprint density at radius 3 is 2.67 bits per heavy atom. The summed E-state index contributed by atoms with van der Waals surface area (Å²) in [5.74, 6) is 0.0580. The summed E-state index contributed by atoms with van der Waals surface area (Å²) < 4.78 is 18.4. The average Bonchev–Trinajstić information content (AvgIpc) is 2.47. The van der Waals surface area contributed by atoms with Gasteiger partial charge in [-0.1, -0.05) is 29.3 Å². The number of halogens is 3. The largest absolute Gasteiger partial charge is 0.494 e. The van der Waals surface area contributed by atoms with E-state index in [1.807, 2.05) is 0 Å².